The summed E-state index contributed by atoms with van der Waals surface area (Å²) in [6, 6.07) is 0. The van der Waals surface area contributed by atoms with Crippen LogP contribution in [0.1, 0.15) is 6.92 Å². The number of carboxylic acids is 1. The molecule has 0 bridgehead atoms. The number of carbonyl (C=O) groups excluding carboxylic acids is 1. The molecular weight excluding hydrogens is 152 g/mol. The fraction of sp³-hybridized carbons (Fsp3) is 0.333. The van der Waals surface area contributed by atoms with Gasteiger partial charge in [-0.05, 0) is 6.92 Å². The molecule has 0 rings (SSSR count). The summed E-state index contributed by atoms with van der Waals surface area (Å²) in [4.78, 5) is 28.5. The Balaban J connectivity index is 3.60. The lowest BCUT2D eigenvalue weighted by molar-refractivity contribution is -0.264. The Labute approximate surface area is 63.1 Å². The molecule has 0 aliphatic carbocycles. The van der Waals surface area contributed by atoms with E-state index in [1.165, 1.54) is 0 Å². The van der Waals surface area contributed by atoms with Crippen LogP contribution in [0.3, 0.4) is 0 Å². The second-order valence-electron chi connectivity index (χ2n) is 1.48. The number of rotatable bonds is 4. The highest BCUT2D eigenvalue weighted by Gasteiger charge is 1.97. The molecule has 5 heteroatoms. The topological polar surface area (TPSA) is 72.8 Å². The van der Waals surface area contributed by atoms with Gasteiger partial charge in [0.1, 0.15) is 0 Å². The van der Waals surface area contributed by atoms with Gasteiger partial charge in [0.25, 0.3) is 0 Å². The van der Waals surface area contributed by atoms with Crippen LogP contribution in [0.4, 0.5) is 0 Å². The lowest BCUT2D eigenvalue weighted by atomic mass is 10.5. The predicted octanol–water partition coefficient (Wildman–Crippen LogP) is 0.122. The van der Waals surface area contributed by atoms with Gasteiger partial charge >= 0.3 is 11.9 Å². The van der Waals surface area contributed by atoms with Crippen LogP contribution in [-0.4, -0.2) is 23.7 Å². The number of carbonyl (C=O) groups is 2. The Morgan fingerprint density at radius 2 is 2.09 bits per heavy atom. The van der Waals surface area contributed by atoms with E-state index < -0.39 is 11.9 Å². The molecule has 0 aliphatic rings. The van der Waals surface area contributed by atoms with Crippen molar-refractivity contribution in [1.29, 1.82) is 0 Å². The molecule has 5 nitrogen and oxygen atoms in total. The minimum Gasteiger partial charge on any atom is -0.478 e. The van der Waals surface area contributed by atoms with Crippen LogP contribution in [-0.2, 0) is 19.4 Å². The molecule has 0 heterocycles. The van der Waals surface area contributed by atoms with E-state index in [-0.39, 0.29) is 6.61 Å². The van der Waals surface area contributed by atoms with Crippen molar-refractivity contribution in [3.63, 3.8) is 0 Å². The SMILES string of the molecule is CCOOC(=O)/C=C/C(=O)O. The van der Waals surface area contributed by atoms with Gasteiger partial charge in [0.2, 0.25) is 0 Å². The van der Waals surface area contributed by atoms with E-state index in [9.17, 15) is 9.59 Å². The van der Waals surface area contributed by atoms with Gasteiger partial charge in [0.15, 0.2) is 0 Å². The Bertz CT molecular complexity index is 172. The fourth-order valence-corrected chi connectivity index (χ4v) is 0.284. The molecule has 0 atom stereocenters. The summed E-state index contributed by atoms with van der Waals surface area (Å²) in [7, 11) is 0. The summed E-state index contributed by atoms with van der Waals surface area (Å²) in [5, 5.41) is 8.05. The summed E-state index contributed by atoms with van der Waals surface area (Å²) in [6.07, 6.45) is 1.43. The summed E-state index contributed by atoms with van der Waals surface area (Å²) in [5.74, 6) is -2.05. The molecule has 0 saturated carbocycles. The molecule has 0 aliphatic heterocycles. The van der Waals surface area contributed by atoms with E-state index in [2.05, 4.69) is 9.78 Å². The lowest BCUT2D eigenvalue weighted by Crippen LogP contribution is -2.02. The van der Waals surface area contributed by atoms with Crippen LogP contribution in [0.2, 0.25) is 0 Å². The zero-order valence-corrected chi connectivity index (χ0v) is 5.94. The number of hydrogen-bond acceptors (Lipinski definition) is 4. The lowest BCUT2D eigenvalue weighted by Gasteiger charge is -1.94. The number of hydrogen-bond donors (Lipinski definition) is 1. The van der Waals surface area contributed by atoms with Gasteiger partial charge in [-0.1, -0.05) is 0 Å². The minimum absolute atomic E-state index is 0.229. The molecule has 0 saturated heterocycles. The minimum atomic E-state index is -1.21. The molecule has 0 aromatic rings. The van der Waals surface area contributed by atoms with Crippen LogP contribution in [0.25, 0.3) is 0 Å². The van der Waals surface area contributed by atoms with Gasteiger partial charge < -0.3 is 5.11 Å². The Hall–Kier alpha value is -1.36. The van der Waals surface area contributed by atoms with E-state index in [0.717, 1.165) is 6.08 Å². The Kier molecular flexibility index (Phi) is 4.76. The molecule has 0 fully saturated rings. The van der Waals surface area contributed by atoms with E-state index in [1.54, 1.807) is 6.92 Å². The smallest absolute Gasteiger partial charge is 0.366 e. The summed E-state index contributed by atoms with van der Waals surface area (Å²) < 4.78 is 0. The van der Waals surface area contributed by atoms with Crippen molar-refractivity contribution < 1.29 is 24.5 Å². The van der Waals surface area contributed by atoms with E-state index in [1.807, 2.05) is 0 Å². The zero-order valence-electron chi connectivity index (χ0n) is 5.94. The summed E-state index contributed by atoms with van der Waals surface area (Å²) in [6.45, 7) is 1.86. The van der Waals surface area contributed by atoms with Crippen molar-refractivity contribution in [1.82, 2.24) is 0 Å². The first-order valence-electron chi connectivity index (χ1n) is 2.91. The highest BCUT2D eigenvalue weighted by molar-refractivity contribution is 5.90. The molecular formula is C6H8O5. The van der Waals surface area contributed by atoms with Crippen LogP contribution >= 0.6 is 0 Å². The molecule has 62 valence electrons. The van der Waals surface area contributed by atoms with Crippen molar-refractivity contribution in [3.8, 4) is 0 Å². The van der Waals surface area contributed by atoms with Gasteiger partial charge in [-0.3, -0.25) is 4.89 Å². The highest BCUT2D eigenvalue weighted by Crippen LogP contribution is 1.83. The maximum atomic E-state index is 10.4. The van der Waals surface area contributed by atoms with E-state index >= 15 is 0 Å². The molecule has 1 N–H and O–H groups in total. The van der Waals surface area contributed by atoms with Gasteiger partial charge in [-0.15, -0.1) is 0 Å². The quantitative estimate of drug-likeness (QED) is 0.359. The fourth-order valence-electron chi connectivity index (χ4n) is 0.284. The first-order chi connectivity index (χ1) is 5.16. The van der Waals surface area contributed by atoms with Crippen LogP contribution in [0.5, 0.6) is 0 Å². The largest absolute Gasteiger partial charge is 0.478 e. The first kappa shape index (κ1) is 9.64. The van der Waals surface area contributed by atoms with Gasteiger partial charge in [0.05, 0.1) is 6.61 Å². The maximum absolute atomic E-state index is 10.4. The third-order valence-electron chi connectivity index (χ3n) is 0.621. The average Bonchev–Trinajstić information content (AvgIpc) is 1.97. The van der Waals surface area contributed by atoms with Gasteiger partial charge in [0, 0.05) is 12.2 Å². The molecule has 0 unspecified atom stereocenters. The van der Waals surface area contributed by atoms with Crippen LogP contribution in [0, 0.1) is 0 Å². The van der Waals surface area contributed by atoms with Crippen molar-refractivity contribution in [2.45, 2.75) is 6.92 Å². The molecule has 0 aromatic heterocycles. The van der Waals surface area contributed by atoms with Crippen molar-refractivity contribution in [2.24, 2.45) is 0 Å². The monoisotopic (exact) mass is 160 g/mol. The van der Waals surface area contributed by atoms with Crippen molar-refractivity contribution in [2.75, 3.05) is 6.61 Å². The summed E-state index contributed by atoms with van der Waals surface area (Å²) in [5.41, 5.74) is 0. The summed E-state index contributed by atoms with van der Waals surface area (Å²) >= 11 is 0. The zero-order chi connectivity index (χ0) is 8.69. The van der Waals surface area contributed by atoms with Crippen LogP contribution in [0.15, 0.2) is 12.2 Å². The molecule has 0 radical (unpaired) electrons. The van der Waals surface area contributed by atoms with Crippen molar-refractivity contribution in [3.05, 3.63) is 12.2 Å². The molecule has 0 aromatic carbocycles. The molecule has 0 amide bonds. The molecule has 0 spiro atoms. The third-order valence-corrected chi connectivity index (χ3v) is 0.621. The predicted molar refractivity (Wildman–Crippen MR) is 34.5 cm³/mol. The second kappa shape index (κ2) is 5.43. The first-order valence-corrected chi connectivity index (χ1v) is 2.91. The van der Waals surface area contributed by atoms with Gasteiger partial charge in [-0.25, -0.2) is 9.59 Å². The Morgan fingerprint density at radius 3 is 2.55 bits per heavy atom. The van der Waals surface area contributed by atoms with E-state index in [0.29, 0.717) is 6.08 Å². The molecule has 11 heavy (non-hydrogen) atoms. The normalized spacial score (nSPS) is 9.91. The second-order valence-corrected chi connectivity index (χ2v) is 1.48. The standard InChI is InChI=1S/C6H8O5/c1-2-10-11-6(9)4-3-5(7)8/h3-4H,2H2,1H3,(H,7,8)/b4-3+. The van der Waals surface area contributed by atoms with Gasteiger partial charge in [-0.2, -0.15) is 4.89 Å². The highest BCUT2D eigenvalue weighted by atomic mass is 17.2. The maximum Gasteiger partial charge on any atom is 0.366 e. The average molecular weight is 160 g/mol. The third kappa shape index (κ3) is 6.53. The Morgan fingerprint density at radius 1 is 1.45 bits per heavy atom. The van der Waals surface area contributed by atoms with E-state index in [4.69, 9.17) is 5.11 Å². The number of aliphatic carboxylic acids is 1. The van der Waals surface area contributed by atoms with Crippen LogP contribution < -0.4 is 0 Å². The number of carboxylic acid groups (broad SMARTS) is 1. The van der Waals surface area contributed by atoms with Crippen molar-refractivity contribution >= 4 is 11.9 Å².